The number of hydrogen-bond donors (Lipinski definition) is 0. The molecule has 0 spiro atoms. The van der Waals surface area contributed by atoms with Crippen LogP contribution in [0.5, 0.6) is 0 Å². The molecule has 5 heteroatoms. The number of benzene rings is 1. The smallest absolute Gasteiger partial charge is 0.224 e. The largest absolute Gasteiger partial charge is 0.379 e. The molecule has 1 fully saturated rings. The van der Waals surface area contributed by atoms with Crippen molar-refractivity contribution in [1.82, 2.24) is 9.80 Å². The van der Waals surface area contributed by atoms with Crippen molar-refractivity contribution in [2.45, 2.75) is 33.2 Å². The summed E-state index contributed by atoms with van der Waals surface area (Å²) in [6, 6.07) is 9.27. The van der Waals surface area contributed by atoms with Gasteiger partial charge < -0.3 is 9.64 Å². The maximum atomic E-state index is 12.9. The second-order valence-corrected chi connectivity index (χ2v) is 6.50. The van der Waals surface area contributed by atoms with Crippen LogP contribution >= 0.6 is 0 Å². The summed E-state index contributed by atoms with van der Waals surface area (Å²) < 4.78 is 5.45. The predicted molar refractivity (Wildman–Crippen MR) is 98.7 cm³/mol. The van der Waals surface area contributed by atoms with Crippen LogP contribution in [0.2, 0.25) is 0 Å². The minimum absolute atomic E-state index is 0.0929. The molecule has 0 aromatic heterocycles. The molecule has 0 saturated carbocycles. The molecule has 1 saturated heterocycles. The first kappa shape index (κ1) is 19.6. The Morgan fingerprint density at radius 2 is 1.72 bits per heavy atom. The molecule has 2 atom stereocenters. The summed E-state index contributed by atoms with van der Waals surface area (Å²) in [6.07, 6.45) is 0.376. The average Bonchev–Trinajstić information content (AvgIpc) is 2.67. The van der Waals surface area contributed by atoms with Gasteiger partial charge in [0.15, 0.2) is 5.78 Å². The summed E-state index contributed by atoms with van der Waals surface area (Å²) in [7, 11) is 0. The van der Waals surface area contributed by atoms with Crippen LogP contribution in [0.25, 0.3) is 0 Å². The standard InChI is InChI=1S/C20H30N2O3/c1-4-21(5-2)19(23)15-18(22-11-13-25-14-12-22)16(3)20(24)17-9-7-6-8-10-17/h6-10,16,18H,4-5,11-15H2,1-3H3. The van der Waals surface area contributed by atoms with Crippen LogP contribution < -0.4 is 0 Å². The van der Waals surface area contributed by atoms with Crippen molar-refractivity contribution in [3.63, 3.8) is 0 Å². The van der Waals surface area contributed by atoms with Crippen LogP contribution in [0, 0.1) is 5.92 Å². The van der Waals surface area contributed by atoms with Gasteiger partial charge in [-0.1, -0.05) is 37.3 Å². The second kappa shape index (κ2) is 9.68. The maximum Gasteiger partial charge on any atom is 0.224 e. The number of hydrogen-bond acceptors (Lipinski definition) is 4. The number of rotatable bonds is 8. The summed E-state index contributed by atoms with van der Waals surface area (Å²) in [5, 5.41) is 0. The van der Waals surface area contributed by atoms with Gasteiger partial charge in [-0.2, -0.15) is 0 Å². The number of ether oxygens (including phenoxy) is 1. The van der Waals surface area contributed by atoms with Crippen molar-refractivity contribution < 1.29 is 14.3 Å². The highest BCUT2D eigenvalue weighted by molar-refractivity contribution is 5.98. The van der Waals surface area contributed by atoms with E-state index in [1.807, 2.05) is 56.0 Å². The first-order chi connectivity index (χ1) is 12.1. The van der Waals surface area contributed by atoms with Crippen LogP contribution in [0.15, 0.2) is 30.3 Å². The molecular weight excluding hydrogens is 316 g/mol. The lowest BCUT2D eigenvalue weighted by atomic mass is 9.88. The van der Waals surface area contributed by atoms with Gasteiger partial charge in [0.05, 0.1) is 13.2 Å². The summed E-state index contributed by atoms with van der Waals surface area (Å²) >= 11 is 0. The van der Waals surface area contributed by atoms with Crippen molar-refractivity contribution in [2.24, 2.45) is 5.92 Å². The zero-order valence-electron chi connectivity index (χ0n) is 15.6. The van der Waals surface area contributed by atoms with Gasteiger partial charge in [-0.05, 0) is 13.8 Å². The lowest BCUT2D eigenvalue weighted by Gasteiger charge is -2.38. The molecule has 1 amide bonds. The highest BCUT2D eigenvalue weighted by Crippen LogP contribution is 2.22. The van der Waals surface area contributed by atoms with Gasteiger partial charge in [-0.25, -0.2) is 0 Å². The van der Waals surface area contributed by atoms with E-state index in [1.54, 1.807) is 0 Å². The molecule has 1 aliphatic rings. The molecule has 25 heavy (non-hydrogen) atoms. The topological polar surface area (TPSA) is 49.9 Å². The molecule has 0 aliphatic carbocycles. The second-order valence-electron chi connectivity index (χ2n) is 6.50. The van der Waals surface area contributed by atoms with Gasteiger partial charge in [0.25, 0.3) is 0 Å². The van der Waals surface area contributed by atoms with Crippen LogP contribution in [-0.4, -0.2) is 66.9 Å². The van der Waals surface area contributed by atoms with Crippen LogP contribution in [-0.2, 0) is 9.53 Å². The quantitative estimate of drug-likeness (QED) is 0.679. The van der Waals surface area contributed by atoms with Gasteiger partial charge in [0.1, 0.15) is 0 Å². The number of carbonyl (C=O) groups is 2. The van der Waals surface area contributed by atoms with Gasteiger partial charge in [-0.15, -0.1) is 0 Å². The molecule has 1 heterocycles. The Hall–Kier alpha value is -1.72. The van der Waals surface area contributed by atoms with E-state index in [1.165, 1.54) is 0 Å². The monoisotopic (exact) mass is 346 g/mol. The number of morpholine rings is 1. The van der Waals surface area contributed by atoms with E-state index in [2.05, 4.69) is 4.90 Å². The summed E-state index contributed by atoms with van der Waals surface area (Å²) in [6.45, 7) is 10.2. The van der Waals surface area contributed by atoms with E-state index in [-0.39, 0.29) is 23.7 Å². The number of carbonyl (C=O) groups excluding carboxylic acids is 2. The molecule has 5 nitrogen and oxygen atoms in total. The molecule has 0 radical (unpaired) electrons. The van der Waals surface area contributed by atoms with Crippen LogP contribution in [0.1, 0.15) is 37.6 Å². The molecule has 1 aliphatic heterocycles. The lowest BCUT2D eigenvalue weighted by Crippen LogP contribution is -2.50. The molecule has 1 aromatic carbocycles. The normalized spacial score (nSPS) is 17.7. The van der Waals surface area contributed by atoms with Crippen molar-refractivity contribution >= 4 is 11.7 Å². The minimum atomic E-state index is -0.236. The lowest BCUT2D eigenvalue weighted by molar-refractivity contribution is -0.133. The third-order valence-corrected chi connectivity index (χ3v) is 5.06. The van der Waals surface area contributed by atoms with Gasteiger partial charge in [0.2, 0.25) is 5.91 Å². The third-order valence-electron chi connectivity index (χ3n) is 5.06. The zero-order valence-corrected chi connectivity index (χ0v) is 15.6. The fraction of sp³-hybridized carbons (Fsp3) is 0.600. The van der Waals surface area contributed by atoms with Crippen LogP contribution in [0.3, 0.4) is 0 Å². The molecule has 1 aromatic rings. The molecule has 2 rings (SSSR count). The van der Waals surface area contributed by atoms with Crippen LogP contribution in [0.4, 0.5) is 0 Å². The Labute approximate surface area is 150 Å². The minimum Gasteiger partial charge on any atom is -0.379 e. The predicted octanol–water partition coefficient (Wildman–Crippen LogP) is 2.46. The van der Waals surface area contributed by atoms with Crippen molar-refractivity contribution in [2.75, 3.05) is 39.4 Å². The highest BCUT2D eigenvalue weighted by Gasteiger charge is 2.33. The Balaban J connectivity index is 2.18. The Morgan fingerprint density at radius 3 is 2.28 bits per heavy atom. The molecular formula is C20H30N2O3. The number of Topliss-reactive ketones (excluding diaryl/α,β-unsaturated/α-hetero) is 1. The molecule has 0 N–H and O–H groups in total. The summed E-state index contributed by atoms with van der Waals surface area (Å²) in [5.41, 5.74) is 0.712. The fourth-order valence-corrected chi connectivity index (χ4v) is 3.46. The van der Waals surface area contributed by atoms with E-state index in [0.29, 0.717) is 38.3 Å². The number of ketones is 1. The van der Waals surface area contributed by atoms with Gasteiger partial charge >= 0.3 is 0 Å². The SMILES string of the molecule is CCN(CC)C(=O)CC(C(C)C(=O)c1ccccc1)N1CCOCC1. The average molecular weight is 346 g/mol. The van der Waals surface area contributed by atoms with E-state index in [0.717, 1.165) is 13.1 Å². The maximum absolute atomic E-state index is 12.9. The van der Waals surface area contributed by atoms with Crippen molar-refractivity contribution in [3.05, 3.63) is 35.9 Å². The van der Waals surface area contributed by atoms with Gasteiger partial charge in [0, 0.05) is 50.1 Å². The van der Waals surface area contributed by atoms with E-state index in [4.69, 9.17) is 4.74 Å². The Bertz CT molecular complexity index is 551. The number of nitrogens with zero attached hydrogens (tertiary/aromatic N) is 2. The Morgan fingerprint density at radius 1 is 1.12 bits per heavy atom. The van der Waals surface area contributed by atoms with E-state index in [9.17, 15) is 9.59 Å². The molecule has 138 valence electrons. The third kappa shape index (κ3) is 5.13. The highest BCUT2D eigenvalue weighted by atomic mass is 16.5. The van der Waals surface area contributed by atoms with Gasteiger partial charge in [-0.3, -0.25) is 14.5 Å². The van der Waals surface area contributed by atoms with E-state index >= 15 is 0 Å². The zero-order chi connectivity index (χ0) is 18.2. The van der Waals surface area contributed by atoms with E-state index < -0.39 is 0 Å². The van der Waals surface area contributed by atoms with Crippen molar-refractivity contribution in [1.29, 1.82) is 0 Å². The molecule has 2 unspecified atom stereocenters. The summed E-state index contributed by atoms with van der Waals surface area (Å²) in [5.74, 6) is -0.0151. The molecule has 0 bridgehead atoms. The number of amides is 1. The van der Waals surface area contributed by atoms with Crippen molar-refractivity contribution in [3.8, 4) is 0 Å². The summed E-state index contributed by atoms with van der Waals surface area (Å²) in [4.78, 5) is 29.7. The first-order valence-electron chi connectivity index (χ1n) is 9.27. The first-order valence-corrected chi connectivity index (χ1v) is 9.27. The Kier molecular flexibility index (Phi) is 7.59. The fourth-order valence-electron chi connectivity index (χ4n) is 3.46.